The Morgan fingerprint density at radius 1 is 1.10 bits per heavy atom. The van der Waals surface area contributed by atoms with E-state index in [-0.39, 0.29) is 12.8 Å². The van der Waals surface area contributed by atoms with Gasteiger partial charge < -0.3 is 5.11 Å². The lowest BCUT2D eigenvalue weighted by Crippen LogP contribution is -2.22. The van der Waals surface area contributed by atoms with Gasteiger partial charge in [-0.25, -0.2) is 8.78 Å². The second-order valence-corrected chi connectivity index (χ2v) is 3.38. The highest BCUT2D eigenvalue weighted by Crippen LogP contribution is 2.23. The van der Waals surface area contributed by atoms with E-state index < -0.39 is 11.5 Å². The highest BCUT2D eigenvalue weighted by molar-refractivity contribution is 4.69. The summed E-state index contributed by atoms with van der Waals surface area (Å²) in [4.78, 5) is 0. The minimum atomic E-state index is -2.65. The molecule has 3 heteroatoms. The van der Waals surface area contributed by atoms with Gasteiger partial charge >= 0.3 is 0 Å². The average Bonchev–Trinajstić information content (AvgIpc) is 1.57. The zero-order valence-corrected chi connectivity index (χ0v) is 6.62. The highest BCUT2D eigenvalue weighted by atomic mass is 19.3. The maximum Gasteiger partial charge on any atom is 0.245 e. The Bertz CT molecular complexity index is 85.2. The molecule has 0 saturated heterocycles. The molecule has 0 aliphatic heterocycles. The van der Waals surface area contributed by atoms with Gasteiger partial charge in [-0.2, -0.15) is 0 Å². The summed E-state index contributed by atoms with van der Waals surface area (Å²) in [5.74, 6) is -2.65. The summed E-state index contributed by atoms with van der Waals surface area (Å²) in [7, 11) is 0. The standard InChI is InChI=1S/C7H14F2O/c1-6(2,10)4-5-7(3,8)9/h10H,4-5H2,1-3H3. The molecule has 0 bridgehead atoms. The number of rotatable bonds is 3. The highest BCUT2D eigenvalue weighted by Gasteiger charge is 2.24. The molecule has 62 valence electrons. The first-order valence-electron chi connectivity index (χ1n) is 3.31. The molecule has 0 aromatic rings. The molecular formula is C7H14F2O. The van der Waals surface area contributed by atoms with Gasteiger partial charge in [0.25, 0.3) is 0 Å². The predicted molar refractivity (Wildman–Crippen MR) is 36.2 cm³/mol. The SMILES string of the molecule is CC(C)(O)CCC(C)(F)F. The molecule has 0 aliphatic rings. The van der Waals surface area contributed by atoms with Crippen molar-refractivity contribution >= 4 is 0 Å². The van der Waals surface area contributed by atoms with Crippen LogP contribution in [0.2, 0.25) is 0 Å². The molecule has 0 spiro atoms. The van der Waals surface area contributed by atoms with Crippen molar-refractivity contribution in [2.24, 2.45) is 0 Å². The van der Waals surface area contributed by atoms with Crippen molar-refractivity contribution in [3.63, 3.8) is 0 Å². The van der Waals surface area contributed by atoms with Crippen LogP contribution in [-0.4, -0.2) is 16.6 Å². The van der Waals surface area contributed by atoms with Gasteiger partial charge in [0.1, 0.15) is 0 Å². The lowest BCUT2D eigenvalue weighted by molar-refractivity contribution is -0.0198. The summed E-state index contributed by atoms with van der Waals surface area (Å²) in [5.41, 5.74) is -0.973. The molecule has 1 N–H and O–H groups in total. The molecule has 0 aromatic heterocycles. The van der Waals surface area contributed by atoms with Crippen molar-refractivity contribution < 1.29 is 13.9 Å². The van der Waals surface area contributed by atoms with Crippen LogP contribution < -0.4 is 0 Å². The quantitative estimate of drug-likeness (QED) is 0.657. The summed E-state index contributed by atoms with van der Waals surface area (Å²) < 4.78 is 24.3. The summed E-state index contributed by atoms with van der Waals surface area (Å²) in [6.45, 7) is 3.91. The lowest BCUT2D eigenvalue weighted by atomic mass is 10.0. The summed E-state index contributed by atoms with van der Waals surface area (Å²) in [6, 6.07) is 0. The van der Waals surface area contributed by atoms with Crippen molar-refractivity contribution in [2.45, 2.75) is 45.1 Å². The molecular weight excluding hydrogens is 138 g/mol. The first-order valence-corrected chi connectivity index (χ1v) is 3.31. The van der Waals surface area contributed by atoms with Gasteiger partial charge in [0.2, 0.25) is 5.92 Å². The zero-order chi connectivity index (χ0) is 8.41. The Morgan fingerprint density at radius 2 is 1.50 bits per heavy atom. The second-order valence-electron chi connectivity index (χ2n) is 3.38. The van der Waals surface area contributed by atoms with Gasteiger partial charge in [-0.1, -0.05) is 0 Å². The van der Waals surface area contributed by atoms with E-state index in [2.05, 4.69) is 0 Å². The average molecular weight is 152 g/mol. The summed E-state index contributed by atoms with van der Waals surface area (Å²) >= 11 is 0. The minimum absolute atomic E-state index is 0.135. The molecule has 1 nitrogen and oxygen atoms in total. The fourth-order valence-electron chi connectivity index (χ4n) is 0.525. The largest absolute Gasteiger partial charge is 0.390 e. The van der Waals surface area contributed by atoms with E-state index in [1.54, 1.807) is 0 Å². The van der Waals surface area contributed by atoms with Crippen molar-refractivity contribution in [3.8, 4) is 0 Å². The Morgan fingerprint density at radius 3 is 1.60 bits per heavy atom. The van der Waals surface area contributed by atoms with E-state index in [9.17, 15) is 8.78 Å². The maximum absolute atomic E-state index is 12.1. The van der Waals surface area contributed by atoms with E-state index in [0.717, 1.165) is 6.92 Å². The van der Waals surface area contributed by atoms with Crippen LogP contribution in [0.15, 0.2) is 0 Å². The van der Waals surface area contributed by atoms with Crippen LogP contribution in [0.25, 0.3) is 0 Å². The molecule has 0 radical (unpaired) electrons. The topological polar surface area (TPSA) is 20.2 Å². The molecule has 0 amide bonds. The van der Waals surface area contributed by atoms with Gasteiger partial charge in [0.05, 0.1) is 5.60 Å². The van der Waals surface area contributed by atoms with Crippen LogP contribution in [0.1, 0.15) is 33.6 Å². The van der Waals surface area contributed by atoms with Gasteiger partial charge in [0, 0.05) is 6.42 Å². The van der Waals surface area contributed by atoms with Gasteiger partial charge in [0.15, 0.2) is 0 Å². The monoisotopic (exact) mass is 152 g/mol. The Kier molecular flexibility index (Phi) is 2.77. The van der Waals surface area contributed by atoms with Crippen molar-refractivity contribution in [3.05, 3.63) is 0 Å². The third kappa shape index (κ3) is 7.82. The smallest absolute Gasteiger partial charge is 0.245 e. The molecule has 0 saturated carbocycles. The fraction of sp³-hybridized carbons (Fsp3) is 1.00. The van der Waals surface area contributed by atoms with E-state index in [1.165, 1.54) is 13.8 Å². The van der Waals surface area contributed by atoms with Crippen LogP contribution in [0.3, 0.4) is 0 Å². The van der Waals surface area contributed by atoms with Gasteiger partial charge in [-0.3, -0.25) is 0 Å². The fourth-order valence-corrected chi connectivity index (χ4v) is 0.525. The lowest BCUT2D eigenvalue weighted by Gasteiger charge is -2.19. The number of alkyl halides is 2. The molecule has 0 aliphatic carbocycles. The van der Waals surface area contributed by atoms with Gasteiger partial charge in [-0.15, -0.1) is 0 Å². The molecule has 0 aromatic carbocycles. The number of hydrogen-bond acceptors (Lipinski definition) is 1. The van der Waals surface area contributed by atoms with Crippen molar-refractivity contribution in [1.82, 2.24) is 0 Å². The molecule has 0 fully saturated rings. The first kappa shape index (κ1) is 9.82. The number of aliphatic hydroxyl groups is 1. The normalized spacial score (nSPS) is 13.8. The van der Waals surface area contributed by atoms with Crippen LogP contribution in [0.4, 0.5) is 8.78 Å². The van der Waals surface area contributed by atoms with Crippen LogP contribution >= 0.6 is 0 Å². The first-order chi connectivity index (χ1) is 4.21. The second kappa shape index (κ2) is 2.82. The summed E-state index contributed by atoms with van der Waals surface area (Å²) in [5, 5.41) is 9.05. The Labute approximate surface area is 60.1 Å². The third-order valence-electron chi connectivity index (χ3n) is 1.18. The minimum Gasteiger partial charge on any atom is -0.390 e. The molecule has 0 unspecified atom stereocenters. The number of hydrogen-bond donors (Lipinski definition) is 1. The molecule has 10 heavy (non-hydrogen) atoms. The molecule has 0 atom stereocenters. The molecule has 0 heterocycles. The number of halogens is 2. The van der Waals surface area contributed by atoms with E-state index in [0.29, 0.717) is 0 Å². The Balaban J connectivity index is 3.56. The van der Waals surface area contributed by atoms with E-state index in [1.807, 2.05) is 0 Å². The van der Waals surface area contributed by atoms with Crippen LogP contribution in [-0.2, 0) is 0 Å². The van der Waals surface area contributed by atoms with E-state index in [4.69, 9.17) is 5.11 Å². The van der Waals surface area contributed by atoms with Crippen LogP contribution in [0.5, 0.6) is 0 Å². The third-order valence-corrected chi connectivity index (χ3v) is 1.18. The predicted octanol–water partition coefficient (Wildman–Crippen LogP) is 2.19. The van der Waals surface area contributed by atoms with Crippen LogP contribution in [0, 0.1) is 0 Å². The van der Waals surface area contributed by atoms with E-state index >= 15 is 0 Å². The zero-order valence-electron chi connectivity index (χ0n) is 6.62. The summed E-state index contributed by atoms with van der Waals surface area (Å²) in [6.07, 6.45) is -0.118. The van der Waals surface area contributed by atoms with Crippen molar-refractivity contribution in [2.75, 3.05) is 0 Å². The van der Waals surface area contributed by atoms with Gasteiger partial charge in [-0.05, 0) is 27.2 Å². The van der Waals surface area contributed by atoms with Crippen molar-refractivity contribution in [1.29, 1.82) is 0 Å². The Hall–Kier alpha value is -0.180. The molecule has 0 rings (SSSR count). The maximum atomic E-state index is 12.1.